The molecule has 0 saturated heterocycles. The van der Waals surface area contributed by atoms with Gasteiger partial charge in [-0.25, -0.2) is 0 Å². The van der Waals surface area contributed by atoms with Crippen LogP contribution in [-0.4, -0.2) is 9.63 Å². The average Bonchev–Trinajstić information content (AvgIpc) is 2.71. The van der Waals surface area contributed by atoms with E-state index >= 15 is 0 Å². The molecule has 0 spiro atoms. The Morgan fingerprint density at radius 3 is 2.88 bits per heavy atom. The molecule has 1 aliphatic rings. The Morgan fingerprint density at radius 1 is 1.44 bits per heavy atom. The van der Waals surface area contributed by atoms with Crippen molar-refractivity contribution < 1.29 is 1.37 Å². The second-order valence-corrected chi connectivity index (χ2v) is 5.81. The largest absolute Gasteiger partial charge is 0.263 e. The summed E-state index contributed by atoms with van der Waals surface area (Å²) >= 11 is 6.07. The van der Waals surface area contributed by atoms with Crippen LogP contribution in [0, 0.1) is 0 Å². The summed E-state index contributed by atoms with van der Waals surface area (Å²) in [6.45, 7) is 2.07. The van der Waals surface area contributed by atoms with Gasteiger partial charge >= 0.3 is 0 Å². The van der Waals surface area contributed by atoms with Crippen molar-refractivity contribution in [2.45, 2.75) is 37.5 Å². The summed E-state index contributed by atoms with van der Waals surface area (Å²) in [5.74, 6) is 0. The zero-order chi connectivity index (χ0) is 12.3. The standard InChI is InChI=1S/C13H17NS2/c1-2-3-9-11-12(14-13(15)16-11)10-7-5-4-6-8-10/h4-8,11-12H,2-3,9H2,1H3,(H,14,15)/i3T. The Hall–Kier alpha value is -0.410. The number of aliphatic imine (C=N–C) groups is 1. The third-order valence-corrected chi connectivity index (χ3v) is 4.19. The minimum Gasteiger partial charge on any atom is -0.263 e. The lowest BCUT2D eigenvalue weighted by Crippen LogP contribution is -2.09. The summed E-state index contributed by atoms with van der Waals surface area (Å²) in [4.78, 5) is 4.59. The molecule has 0 aliphatic carbocycles. The summed E-state index contributed by atoms with van der Waals surface area (Å²) in [5.41, 5.74) is 1.23. The molecule has 16 heavy (non-hydrogen) atoms. The van der Waals surface area contributed by atoms with Crippen LogP contribution in [-0.2, 0) is 0 Å². The molecule has 1 nitrogen and oxygen atoms in total. The SMILES string of the molecule is [3H]C(CC)CC1SC(S)=NC1c1ccccc1. The van der Waals surface area contributed by atoms with E-state index in [4.69, 9.17) is 1.37 Å². The highest BCUT2D eigenvalue weighted by Crippen LogP contribution is 2.41. The van der Waals surface area contributed by atoms with Gasteiger partial charge in [0.2, 0.25) is 0 Å². The number of thioether (sulfide) groups is 1. The van der Waals surface area contributed by atoms with E-state index in [1.807, 2.05) is 18.2 Å². The van der Waals surface area contributed by atoms with Gasteiger partial charge in [-0.05, 0) is 12.0 Å². The third kappa shape index (κ3) is 2.83. The number of rotatable bonds is 4. The Kier molecular flexibility index (Phi) is 3.88. The van der Waals surface area contributed by atoms with E-state index < -0.39 is 0 Å². The molecule has 0 fully saturated rings. The fraction of sp³-hybridized carbons (Fsp3) is 0.462. The molecule has 1 aromatic carbocycles. The van der Waals surface area contributed by atoms with Crippen molar-refractivity contribution in [1.82, 2.24) is 0 Å². The molecule has 0 amide bonds. The van der Waals surface area contributed by atoms with Crippen LogP contribution < -0.4 is 0 Å². The van der Waals surface area contributed by atoms with Crippen LogP contribution >= 0.6 is 24.4 Å². The zero-order valence-electron chi connectivity index (χ0n) is 10.3. The number of hydrogen-bond acceptors (Lipinski definition) is 2. The van der Waals surface area contributed by atoms with Gasteiger partial charge in [0, 0.05) is 6.62 Å². The lowest BCUT2D eigenvalue weighted by molar-refractivity contribution is 0.609. The molecular weight excluding hydrogens is 234 g/mol. The Labute approximate surface area is 109 Å². The van der Waals surface area contributed by atoms with Gasteiger partial charge in [0.05, 0.1) is 6.04 Å². The van der Waals surface area contributed by atoms with Crippen LogP contribution in [0.5, 0.6) is 0 Å². The summed E-state index contributed by atoms with van der Waals surface area (Å²) in [6, 6.07) is 10.5. The molecule has 1 aliphatic heterocycles. The highest BCUT2D eigenvalue weighted by molar-refractivity contribution is 8.32. The molecule has 86 valence electrons. The number of hydrogen-bond donors (Lipinski definition) is 1. The quantitative estimate of drug-likeness (QED) is 0.788. The Bertz CT molecular complexity index is 394. The molecule has 2 rings (SSSR count). The maximum Gasteiger partial charge on any atom is 0.122 e. The first-order valence-corrected chi connectivity index (χ1v) is 6.94. The predicted molar refractivity (Wildman–Crippen MR) is 76.5 cm³/mol. The second-order valence-electron chi connectivity index (χ2n) is 3.86. The van der Waals surface area contributed by atoms with Gasteiger partial charge in [0.15, 0.2) is 0 Å². The minimum atomic E-state index is 0.00754. The molecule has 0 aromatic heterocycles. The Morgan fingerprint density at radius 2 is 2.19 bits per heavy atom. The van der Waals surface area contributed by atoms with Crippen molar-refractivity contribution in [1.29, 1.82) is 0 Å². The average molecular weight is 253 g/mol. The Balaban J connectivity index is 2.13. The molecule has 0 radical (unpaired) electrons. The molecular formula is C13H17NS2. The monoisotopic (exact) mass is 253 g/mol. The van der Waals surface area contributed by atoms with Gasteiger partial charge in [0.25, 0.3) is 0 Å². The number of benzene rings is 1. The summed E-state index contributed by atoms with van der Waals surface area (Å²) in [7, 11) is 0. The fourth-order valence-electron chi connectivity index (χ4n) is 1.88. The van der Waals surface area contributed by atoms with E-state index in [0.717, 1.165) is 17.2 Å². The normalized spacial score (nSPS) is 27.4. The van der Waals surface area contributed by atoms with Crippen molar-refractivity contribution in [3.8, 4) is 0 Å². The van der Waals surface area contributed by atoms with E-state index in [2.05, 4.69) is 36.7 Å². The van der Waals surface area contributed by atoms with Crippen LogP contribution in [0.25, 0.3) is 0 Å². The highest BCUT2D eigenvalue weighted by Gasteiger charge is 2.29. The van der Waals surface area contributed by atoms with Crippen LogP contribution in [0.15, 0.2) is 35.3 Å². The summed E-state index contributed by atoms with van der Waals surface area (Å²) in [5, 5.41) is 0.368. The van der Waals surface area contributed by atoms with Gasteiger partial charge < -0.3 is 0 Å². The van der Waals surface area contributed by atoms with Crippen LogP contribution in [0.2, 0.25) is 0 Å². The van der Waals surface area contributed by atoms with Crippen molar-refractivity contribution >= 4 is 28.8 Å². The molecule has 3 unspecified atom stereocenters. The van der Waals surface area contributed by atoms with Crippen LogP contribution in [0.3, 0.4) is 0 Å². The maximum absolute atomic E-state index is 7.91. The lowest BCUT2D eigenvalue weighted by atomic mass is 10.0. The van der Waals surface area contributed by atoms with Gasteiger partial charge in [-0.2, -0.15) is 0 Å². The van der Waals surface area contributed by atoms with E-state index in [0.29, 0.717) is 5.25 Å². The van der Waals surface area contributed by atoms with Gasteiger partial charge in [0.1, 0.15) is 4.38 Å². The molecule has 0 N–H and O–H groups in total. The van der Waals surface area contributed by atoms with Crippen molar-refractivity contribution in [2.24, 2.45) is 4.99 Å². The fourth-order valence-corrected chi connectivity index (χ4v) is 3.43. The smallest absolute Gasteiger partial charge is 0.122 e. The van der Waals surface area contributed by atoms with Crippen LogP contribution in [0.4, 0.5) is 0 Å². The molecule has 3 atom stereocenters. The lowest BCUT2D eigenvalue weighted by Gasteiger charge is -2.16. The first kappa shape index (κ1) is 10.7. The summed E-state index contributed by atoms with van der Waals surface area (Å²) < 4.78 is 8.77. The van der Waals surface area contributed by atoms with E-state index in [-0.39, 0.29) is 12.4 Å². The minimum absolute atomic E-state index is 0.00754. The zero-order valence-corrected chi connectivity index (χ0v) is 11.0. The van der Waals surface area contributed by atoms with Gasteiger partial charge in [-0.15, -0.1) is 12.6 Å². The number of thiol groups is 1. The van der Waals surface area contributed by atoms with Crippen molar-refractivity contribution in [3.63, 3.8) is 0 Å². The van der Waals surface area contributed by atoms with E-state index in [1.54, 1.807) is 11.8 Å². The third-order valence-electron chi connectivity index (χ3n) is 2.69. The number of nitrogens with zero attached hydrogens (tertiary/aromatic N) is 1. The first-order valence-electron chi connectivity index (χ1n) is 6.19. The van der Waals surface area contributed by atoms with Crippen molar-refractivity contribution in [3.05, 3.63) is 35.9 Å². The molecule has 1 heterocycles. The highest BCUT2D eigenvalue weighted by atomic mass is 32.2. The molecule has 0 bridgehead atoms. The predicted octanol–water partition coefficient (Wildman–Crippen LogP) is 4.32. The van der Waals surface area contributed by atoms with Gasteiger partial charge in [-0.3, -0.25) is 4.99 Å². The molecule has 0 saturated carbocycles. The second kappa shape index (κ2) is 5.78. The van der Waals surface area contributed by atoms with Crippen molar-refractivity contribution in [2.75, 3.05) is 0 Å². The molecule has 3 heteroatoms. The topological polar surface area (TPSA) is 12.4 Å². The summed E-state index contributed by atoms with van der Waals surface area (Å²) in [6.07, 6.45) is 1.79. The van der Waals surface area contributed by atoms with E-state index in [9.17, 15) is 0 Å². The molecule has 1 aromatic rings. The van der Waals surface area contributed by atoms with Crippen LogP contribution in [0.1, 0.15) is 39.1 Å². The van der Waals surface area contributed by atoms with E-state index in [1.165, 1.54) is 5.56 Å². The van der Waals surface area contributed by atoms with Gasteiger partial charge in [-0.1, -0.05) is 61.8 Å². The first-order chi connectivity index (χ1) is 8.20. The maximum atomic E-state index is 7.91.